The second kappa shape index (κ2) is 3.06. The lowest BCUT2D eigenvalue weighted by molar-refractivity contribution is 0.629. The van der Waals surface area contributed by atoms with Gasteiger partial charge in [-0.2, -0.15) is 0 Å². The maximum atomic E-state index is 4.46. The fourth-order valence-corrected chi connectivity index (χ4v) is 1.78. The predicted molar refractivity (Wildman–Crippen MR) is 52.4 cm³/mol. The van der Waals surface area contributed by atoms with E-state index in [0.29, 0.717) is 0 Å². The Morgan fingerprint density at radius 1 is 1.45 bits per heavy atom. The number of hydrogen-bond donors (Lipinski definition) is 1. The molecule has 0 spiro atoms. The summed E-state index contributed by atoms with van der Waals surface area (Å²) in [5.41, 5.74) is 2.63. The molecule has 0 amide bonds. The smallest absolute Gasteiger partial charge is 0.101 e. The standard InChI is InChI=1S/C8H9IN2/c9-8-2-1-6-5-10-4-3-7(6)11-8/h1-2,10H,3-5H2. The summed E-state index contributed by atoms with van der Waals surface area (Å²) in [6.45, 7) is 2.05. The van der Waals surface area contributed by atoms with Gasteiger partial charge in [0.2, 0.25) is 0 Å². The van der Waals surface area contributed by atoms with E-state index in [2.05, 4.69) is 45.0 Å². The van der Waals surface area contributed by atoms with Crippen LogP contribution in [0, 0.1) is 3.70 Å². The molecule has 1 aromatic heterocycles. The van der Waals surface area contributed by atoms with E-state index < -0.39 is 0 Å². The maximum Gasteiger partial charge on any atom is 0.101 e. The summed E-state index contributed by atoms with van der Waals surface area (Å²) in [5.74, 6) is 0. The van der Waals surface area contributed by atoms with E-state index in [-0.39, 0.29) is 0 Å². The van der Waals surface area contributed by atoms with Crippen molar-refractivity contribution in [2.75, 3.05) is 6.54 Å². The van der Waals surface area contributed by atoms with Crippen molar-refractivity contribution in [3.05, 3.63) is 27.1 Å². The number of fused-ring (bicyclic) bond motifs is 1. The monoisotopic (exact) mass is 260 g/mol. The number of pyridine rings is 1. The lowest BCUT2D eigenvalue weighted by atomic mass is 10.1. The van der Waals surface area contributed by atoms with Crippen molar-refractivity contribution in [3.8, 4) is 0 Å². The van der Waals surface area contributed by atoms with Gasteiger partial charge in [-0.25, -0.2) is 4.98 Å². The van der Waals surface area contributed by atoms with Gasteiger partial charge in [-0.05, 0) is 34.2 Å². The summed E-state index contributed by atoms with van der Waals surface area (Å²) < 4.78 is 1.10. The van der Waals surface area contributed by atoms with E-state index in [1.165, 1.54) is 11.3 Å². The fourth-order valence-electron chi connectivity index (χ4n) is 1.31. The Labute approximate surface area is 79.6 Å². The van der Waals surface area contributed by atoms with E-state index in [4.69, 9.17) is 0 Å². The minimum atomic E-state index is 0.985. The van der Waals surface area contributed by atoms with Crippen molar-refractivity contribution in [3.63, 3.8) is 0 Å². The molecule has 0 aromatic carbocycles. The Hall–Kier alpha value is -0.160. The van der Waals surface area contributed by atoms with Gasteiger partial charge in [0.15, 0.2) is 0 Å². The van der Waals surface area contributed by atoms with Gasteiger partial charge in [-0.15, -0.1) is 0 Å². The highest BCUT2D eigenvalue weighted by atomic mass is 127. The maximum absolute atomic E-state index is 4.46. The third kappa shape index (κ3) is 1.54. The third-order valence-corrected chi connectivity index (χ3v) is 2.49. The summed E-state index contributed by atoms with van der Waals surface area (Å²) in [6.07, 6.45) is 1.08. The zero-order valence-corrected chi connectivity index (χ0v) is 8.26. The van der Waals surface area contributed by atoms with Gasteiger partial charge in [0.05, 0.1) is 0 Å². The van der Waals surface area contributed by atoms with Gasteiger partial charge in [-0.1, -0.05) is 6.07 Å². The molecule has 0 unspecified atom stereocenters. The average molecular weight is 260 g/mol. The zero-order chi connectivity index (χ0) is 7.68. The number of aromatic nitrogens is 1. The van der Waals surface area contributed by atoms with Gasteiger partial charge in [-0.3, -0.25) is 0 Å². The lowest BCUT2D eigenvalue weighted by Crippen LogP contribution is -2.24. The summed E-state index contributed by atoms with van der Waals surface area (Å²) in [7, 11) is 0. The first-order chi connectivity index (χ1) is 5.36. The summed E-state index contributed by atoms with van der Waals surface area (Å²) in [6, 6.07) is 4.22. The number of halogens is 1. The van der Waals surface area contributed by atoms with Crippen LogP contribution in [0.15, 0.2) is 12.1 Å². The van der Waals surface area contributed by atoms with Crippen molar-refractivity contribution >= 4 is 22.6 Å². The Balaban J connectivity index is 2.43. The molecule has 1 aliphatic heterocycles. The molecule has 0 radical (unpaired) electrons. The molecule has 11 heavy (non-hydrogen) atoms. The molecule has 0 atom stereocenters. The molecule has 2 nitrogen and oxygen atoms in total. The molecular weight excluding hydrogens is 251 g/mol. The second-order valence-corrected chi connectivity index (χ2v) is 3.77. The van der Waals surface area contributed by atoms with Crippen molar-refractivity contribution < 1.29 is 0 Å². The number of rotatable bonds is 0. The molecule has 1 aromatic rings. The molecule has 2 heterocycles. The zero-order valence-electron chi connectivity index (χ0n) is 6.10. The van der Waals surface area contributed by atoms with E-state index in [1.54, 1.807) is 0 Å². The van der Waals surface area contributed by atoms with Crippen LogP contribution in [0.2, 0.25) is 0 Å². The molecule has 0 aliphatic carbocycles. The topological polar surface area (TPSA) is 24.9 Å². The first-order valence-electron chi connectivity index (χ1n) is 3.71. The third-order valence-electron chi connectivity index (χ3n) is 1.89. The van der Waals surface area contributed by atoms with Crippen molar-refractivity contribution in [1.29, 1.82) is 0 Å². The molecule has 1 aliphatic rings. The van der Waals surface area contributed by atoms with E-state index >= 15 is 0 Å². The lowest BCUT2D eigenvalue weighted by Gasteiger charge is -2.15. The van der Waals surface area contributed by atoms with Gasteiger partial charge >= 0.3 is 0 Å². The highest BCUT2D eigenvalue weighted by Gasteiger charge is 2.08. The average Bonchev–Trinajstić information content (AvgIpc) is 2.04. The van der Waals surface area contributed by atoms with Crippen LogP contribution in [0.3, 0.4) is 0 Å². The quantitative estimate of drug-likeness (QED) is 0.562. The van der Waals surface area contributed by atoms with Gasteiger partial charge in [0.1, 0.15) is 3.70 Å². The molecule has 3 heteroatoms. The van der Waals surface area contributed by atoms with Crippen LogP contribution in [0.1, 0.15) is 11.3 Å². The summed E-state index contributed by atoms with van der Waals surface area (Å²) in [4.78, 5) is 4.46. The van der Waals surface area contributed by atoms with Gasteiger partial charge in [0, 0.05) is 25.2 Å². The van der Waals surface area contributed by atoms with Crippen molar-refractivity contribution in [1.82, 2.24) is 10.3 Å². The molecule has 2 rings (SSSR count). The summed E-state index contributed by atoms with van der Waals surface area (Å²) >= 11 is 2.25. The fraction of sp³-hybridized carbons (Fsp3) is 0.375. The first-order valence-corrected chi connectivity index (χ1v) is 4.79. The molecule has 58 valence electrons. The number of hydrogen-bond acceptors (Lipinski definition) is 2. The Morgan fingerprint density at radius 2 is 2.36 bits per heavy atom. The van der Waals surface area contributed by atoms with Crippen molar-refractivity contribution in [2.45, 2.75) is 13.0 Å². The normalized spacial score (nSPS) is 16.1. The van der Waals surface area contributed by atoms with E-state index in [0.717, 1.165) is 23.2 Å². The van der Waals surface area contributed by atoms with Crippen LogP contribution in [0.5, 0.6) is 0 Å². The van der Waals surface area contributed by atoms with Gasteiger partial charge in [0.25, 0.3) is 0 Å². The van der Waals surface area contributed by atoms with Gasteiger partial charge < -0.3 is 5.32 Å². The summed E-state index contributed by atoms with van der Waals surface area (Å²) in [5, 5.41) is 3.32. The minimum Gasteiger partial charge on any atom is -0.312 e. The molecule has 0 bridgehead atoms. The largest absolute Gasteiger partial charge is 0.312 e. The van der Waals surface area contributed by atoms with Crippen LogP contribution in [0.4, 0.5) is 0 Å². The molecule has 0 saturated carbocycles. The SMILES string of the molecule is Ic1ccc2c(n1)CCNC2. The van der Waals surface area contributed by atoms with Crippen LogP contribution < -0.4 is 5.32 Å². The Bertz CT molecular complexity index is 273. The van der Waals surface area contributed by atoms with E-state index in [1.807, 2.05) is 0 Å². The van der Waals surface area contributed by atoms with Crippen LogP contribution in [-0.4, -0.2) is 11.5 Å². The van der Waals surface area contributed by atoms with E-state index in [9.17, 15) is 0 Å². The van der Waals surface area contributed by atoms with Crippen LogP contribution >= 0.6 is 22.6 Å². The number of nitrogens with one attached hydrogen (secondary N) is 1. The highest BCUT2D eigenvalue weighted by molar-refractivity contribution is 14.1. The Morgan fingerprint density at radius 3 is 3.27 bits per heavy atom. The molecule has 0 fully saturated rings. The molecule has 1 N–H and O–H groups in total. The van der Waals surface area contributed by atoms with Crippen molar-refractivity contribution in [2.24, 2.45) is 0 Å². The molecular formula is C8H9IN2. The van der Waals surface area contributed by atoms with Crippen LogP contribution in [-0.2, 0) is 13.0 Å². The number of nitrogens with zero attached hydrogens (tertiary/aromatic N) is 1. The predicted octanol–water partition coefficient (Wildman–Crippen LogP) is 1.33. The first kappa shape index (κ1) is 7.49. The minimum absolute atomic E-state index is 0.985. The highest BCUT2D eigenvalue weighted by Crippen LogP contribution is 2.12. The Kier molecular flexibility index (Phi) is 2.09. The van der Waals surface area contributed by atoms with Crippen LogP contribution in [0.25, 0.3) is 0 Å². The second-order valence-electron chi connectivity index (χ2n) is 2.67. The molecule has 0 saturated heterocycles.